The quantitative estimate of drug-likeness (QED) is 0.676. The van der Waals surface area contributed by atoms with Gasteiger partial charge < -0.3 is 10.2 Å². The van der Waals surface area contributed by atoms with E-state index in [0.29, 0.717) is 25.2 Å². The zero-order chi connectivity index (χ0) is 20.3. The standard InChI is InChI=1S/C20H25FN6O/c1-13-17(14(2)27-20(25-13)23-12-24-27)8-9-19(28)22-11-18(26(3)4)15-6-5-7-16(21)10-15/h5-7,10,12,18H,8-9,11H2,1-4H3,(H,22,28)/t18-/m1/s1. The number of carbonyl (C=O) groups excluding carboxylic acids is 1. The van der Waals surface area contributed by atoms with Gasteiger partial charge in [0, 0.05) is 24.4 Å². The molecule has 7 nitrogen and oxygen atoms in total. The normalized spacial score (nSPS) is 12.5. The number of carbonyl (C=O) groups is 1. The first-order valence-corrected chi connectivity index (χ1v) is 9.21. The highest BCUT2D eigenvalue weighted by Gasteiger charge is 2.17. The summed E-state index contributed by atoms with van der Waals surface area (Å²) in [5.74, 6) is 0.227. The van der Waals surface area contributed by atoms with Gasteiger partial charge in [0.05, 0.1) is 6.04 Å². The van der Waals surface area contributed by atoms with Gasteiger partial charge in [0.1, 0.15) is 12.1 Å². The van der Waals surface area contributed by atoms with E-state index in [1.165, 1.54) is 18.5 Å². The van der Waals surface area contributed by atoms with Crippen LogP contribution in [0.25, 0.3) is 5.78 Å². The lowest BCUT2D eigenvalue weighted by Crippen LogP contribution is -2.34. The Labute approximate surface area is 163 Å². The van der Waals surface area contributed by atoms with Crippen molar-refractivity contribution in [3.8, 4) is 0 Å². The lowest BCUT2D eigenvalue weighted by atomic mass is 10.0. The number of hydrogen-bond donors (Lipinski definition) is 1. The van der Waals surface area contributed by atoms with Gasteiger partial charge in [-0.3, -0.25) is 4.79 Å². The molecule has 0 aliphatic heterocycles. The number of aromatic nitrogens is 4. The van der Waals surface area contributed by atoms with E-state index in [0.717, 1.165) is 22.5 Å². The molecule has 0 bridgehead atoms. The van der Waals surface area contributed by atoms with Gasteiger partial charge in [-0.2, -0.15) is 10.1 Å². The lowest BCUT2D eigenvalue weighted by Gasteiger charge is -2.25. The molecule has 3 rings (SSSR count). The molecule has 1 N–H and O–H groups in total. The maximum absolute atomic E-state index is 13.5. The van der Waals surface area contributed by atoms with E-state index >= 15 is 0 Å². The maximum Gasteiger partial charge on any atom is 0.252 e. The van der Waals surface area contributed by atoms with E-state index in [-0.39, 0.29) is 17.8 Å². The minimum atomic E-state index is -0.280. The number of benzene rings is 1. The van der Waals surface area contributed by atoms with E-state index < -0.39 is 0 Å². The number of halogens is 1. The van der Waals surface area contributed by atoms with Gasteiger partial charge in [-0.25, -0.2) is 13.9 Å². The summed E-state index contributed by atoms with van der Waals surface area (Å²) < 4.78 is 15.2. The summed E-state index contributed by atoms with van der Waals surface area (Å²) in [6.07, 6.45) is 2.38. The van der Waals surface area contributed by atoms with Crippen LogP contribution in [0.4, 0.5) is 4.39 Å². The van der Waals surface area contributed by atoms with Crippen LogP contribution in [0, 0.1) is 19.7 Å². The summed E-state index contributed by atoms with van der Waals surface area (Å²) in [4.78, 5) is 22.9. The zero-order valence-corrected chi connectivity index (χ0v) is 16.6. The van der Waals surface area contributed by atoms with Crippen LogP contribution in [-0.2, 0) is 11.2 Å². The molecule has 0 radical (unpaired) electrons. The highest BCUT2D eigenvalue weighted by molar-refractivity contribution is 5.76. The molecular formula is C20H25FN6O. The van der Waals surface area contributed by atoms with Crippen molar-refractivity contribution in [2.45, 2.75) is 32.7 Å². The number of rotatable bonds is 7. The topological polar surface area (TPSA) is 75.4 Å². The molecule has 0 aliphatic carbocycles. The maximum atomic E-state index is 13.5. The number of fused-ring (bicyclic) bond motifs is 1. The minimum absolute atomic E-state index is 0.0549. The average Bonchev–Trinajstić information content (AvgIpc) is 3.10. The number of nitrogens with one attached hydrogen (secondary N) is 1. The molecule has 0 spiro atoms. The zero-order valence-electron chi connectivity index (χ0n) is 16.6. The van der Waals surface area contributed by atoms with Crippen LogP contribution in [0.3, 0.4) is 0 Å². The number of aryl methyl sites for hydroxylation is 2. The van der Waals surface area contributed by atoms with E-state index in [2.05, 4.69) is 20.4 Å². The summed E-state index contributed by atoms with van der Waals surface area (Å²) in [6.45, 7) is 4.28. The Balaban J connectivity index is 1.62. The van der Waals surface area contributed by atoms with Crippen molar-refractivity contribution in [1.82, 2.24) is 29.8 Å². The van der Waals surface area contributed by atoms with Crippen LogP contribution in [0.2, 0.25) is 0 Å². The van der Waals surface area contributed by atoms with Crippen molar-refractivity contribution in [2.75, 3.05) is 20.6 Å². The number of likely N-dealkylation sites (N-methyl/N-ethyl adjacent to an activating group) is 1. The molecule has 2 heterocycles. The molecule has 1 atom stereocenters. The second kappa shape index (κ2) is 8.43. The molecule has 1 amide bonds. The SMILES string of the molecule is Cc1nc2ncnn2c(C)c1CCC(=O)NC[C@H](c1cccc(F)c1)N(C)C. The largest absolute Gasteiger partial charge is 0.354 e. The van der Waals surface area contributed by atoms with Gasteiger partial charge in [0.2, 0.25) is 5.91 Å². The summed E-state index contributed by atoms with van der Waals surface area (Å²) in [7, 11) is 3.82. The Hall–Kier alpha value is -2.87. The third-order valence-corrected chi connectivity index (χ3v) is 4.94. The molecule has 0 unspecified atom stereocenters. The smallest absolute Gasteiger partial charge is 0.252 e. The molecule has 0 saturated carbocycles. The molecule has 28 heavy (non-hydrogen) atoms. The lowest BCUT2D eigenvalue weighted by molar-refractivity contribution is -0.121. The van der Waals surface area contributed by atoms with Crippen LogP contribution in [0.1, 0.15) is 35.0 Å². The Bertz CT molecular complexity index is 984. The van der Waals surface area contributed by atoms with Crippen LogP contribution in [-0.4, -0.2) is 51.0 Å². The molecule has 148 valence electrons. The van der Waals surface area contributed by atoms with Crippen LogP contribution < -0.4 is 5.32 Å². The fourth-order valence-corrected chi connectivity index (χ4v) is 3.37. The van der Waals surface area contributed by atoms with Crippen LogP contribution >= 0.6 is 0 Å². The van der Waals surface area contributed by atoms with E-state index in [4.69, 9.17) is 0 Å². The third-order valence-electron chi connectivity index (χ3n) is 4.94. The average molecular weight is 384 g/mol. The fraction of sp³-hybridized carbons (Fsp3) is 0.400. The van der Waals surface area contributed by atoms with Gasteiger partial charge >= 0.3 is 0 Å². The first-order chi connectivity index (χ1) is 13.4. The molecular weight excluding hydrogens is 359 g/mol. The first kappa shape index (κ1) is 19.9. The highest BCUT2D eigenvalue weighted by atomic mass is 19.1. The van der Waals surface area contributed by atoms with Crippen LogP contribution in [0.5, 0.6) is 0 Å². The predicted molar refractivity (Wildman–Crippen MR) is 104 cm³/mol. The minimum Gasteiger partial charge on any atom is -0.354 e. The monoisotopic (exact) mass is 384 g/mol. The van der Waals surface area contributed by atoms with Crippen molar-refractivity contribution < 1.29 is 9.18 Å². The summed E-state index contributed by atoms with van der Waals surface area (Å²) in [5, 5.41) is 7.14. The Kier molecular flexibility index (Phi) is 5.99. The predicted octanol–water partition coefficient (Wildman–Crippen LogP) is 2.23. The first-order valence-electron chi connectivity index (χ1n) is 9.21. The molecule has 2 aromatic heterocycles. The molecule has 3 aromatic rings. The Morgan fingerprint density at radius 2 is 2.11 bits per heavy atom. The van der Waals surface area contributed by atoms with Crippen LogP contribution in [0.15, 0.2) is 30.6 Å². The molecule has 0 fully saturated rings. The van der Waals surface area contributed by atoms with E-state index in [9.17, 15) is 9.18 Å². The van der Waals surface area contributed by atoms with Gasteiger partial charge in [-0.15, -0.1) is 0 Å². The number of amides is 1. The second-order valence-electron chi connectivity index (χ2n) is 7.07. The molecule has 0 saturated heterocycles. The van der Waals surface area contributed by atoms with Crippen molar-refractivity contribution in [2.24, 2.45) is 0 Å². The Morgan fingerprint density at radius 3 is 2.82 bits per heavy atom. The van der Waals surface area contributed by atoms with E-state index in [1.807, 2.05) is 38.9 Å². The Morgan fingerprint density at radius 1 is 1.32 bits per heavy atom. The summed E-state index contributed by atoms with van der Waals surface area (Å²) in [5.41, 5.74) is 3.63. The fourth-order valence-electron chi connectivity index (χ4n) is 3.37. The van der Waals surface area contributed by atoms with Gasteiger partial charge in [-0.1, -0.05) is 12.1 Å². The highest BCUT2D eigenvalue weighted by Crippen LogP contribution is 2.19. The van der Waals surface area contributed by atoms with Crippen molar-refractivity contribution in [3.63, 3.8) is 0 Å². The molecule has 8 heteroatoms. The van der Waals surface area contributed by atoms with Crippen molar-refractivity contribution in [1.29, 1.82) is 0 Å². The van der Waals surface area contributed by atoms with Crippen molar-refractivity contribution in [3.05, 3.63) is 58.9 Å². The summed E-state index contributed by atoms with van der Waals surface area (Å²) >= 11 is 0. The summed E-state index contributed by atoms with van der Waals surface area (Å²) in [6, 6.07) is 6.37. The number of hydrogen-bond acceptors (Lipinski definition) is 5. The van der Waals surface area contributed by atoms with Crippen molar-refractivity contribution >= 4 is 11.7 Å². The van der Waals surface area contributed by atoms with E-state index in [1.54, 1.807) is 10.6 Å². The van der Waals surface area contributed by atoms with Gasteiger partial charge in [0.25, 0.3) is 5.78 Å². The van der Waals surface area contributed by atoms with Gasteiger partial charge in [0.15, 0.2) is 0 Å². The second-order valence-corrected chi connectivity index (χ2v) is 7.07. The molecule has 1 aromatic carbocycles. The molecule has 0 aliphatic rings. The van der Waals surface area contributed by atoms with Gasteiger partial charge in [-0.05, 0) is 57.6 Å². The third kappa shape index (κ3) is 4.33. The number of nitrogens with zero attached hydrogens (tertiary/aromatic N) is 5.